The first-order chi connectivity index (χ1) is 13.5. The number of likely N-dealkylation sites (tertiary alicyclic amines) is 1. The van der Waals surface area contributed by atoms with Gasteiger partial charge in [0.1, 0.15) is 29.1 Å². The smallest absolute Gasteiger partial charge is 0.296 e. The molecule has 0 spiro atoms. The first kappa shape index (κ1) is 18.1. The van der Waals surface area contributed by atoms with Gasteiger partial charge >= 0.3 is 0 Å². The standard InChI is InChI=1S/C21H16ClNO5/c1-12-4-9-16(28-12)18-17(19(24)13-5-7-14(22)8-6-13)20(25)21(26)23(18)11-15-3-2-10-27-15/h2-10,18,24H,11H2,1H3. The van der Waals surface area contributed by atoms with Gasteiger partial charge in [0, 0.05) is 10.6 Å². The molecule has 1 amide bonds. The van der Waals surface area contributed by atoms with E-state index < -0.39 is 17.7 Å². The fraction of sp³-hybridized carbons (Fsp3) is 0.143. The number of Topliss-reactive ketones (excluding diaryl/α,β-unsaturated/α-hetero) is 1. The van der Waals surface area contributed by atoms with Gasteiger partial charge in [0.05, 0.1) is 18.4 Å². The highest BCUT2D eigenvalue weighted by Crippen LogP contribution is 2.40. The molecule has 0 bridgehead atoms. The normalized spacial score (nSPS) is 18.8. The van der Waals surface area contributed by atoms with Crippen molar-refractivity contribution in [1.29, 1.82) is 0 Å². The van der Waals surface area contributed by atoms with Crippen LogP contribution in [0.25, 0.3) is 5.76 Å². The van der Waals surface area contributed by atoms with Gasteiger partial charge in [0.15, 0.2) is 0 Å². The van der Waals surface area contributed by atoms with Gasteiger partial charge < -0.3 is 18.8 Å². The quantitative estimate of drug-likeness (QED) is 0.399. The van der Waals surface area contributed by atoms with E-state index in [-0.39, 0.29) is 17.9 Å². The van der Waals surface area contributed by atoms with E-state index in [9.17, 15) is 14.7 Å². The zero-order valence-corrected chi connectivity index (χ0v) is 15.6. The number of halogens is 1. The van der Waals surface area contributed by atoms with Crippen LogP contribution < -0.4 is 0 Å². The maximum atomic E-state index is 12.8. The number of amides is 1. The number of carbonyl (C=O) groups excluding carboxylic acids is 2. The zero-order valence-electron chi connectivity index (χ0n) is 14.9. The summed E-state index contributed by atoms with van der Waals surface area (Å²) in [5.74, 6) is -0.259. The lowest BCUT2D eigenvalue weighted by Gasteiger charge is -2.22. The number of carbonyl (C=O) groups is 2. The van der Waals surface area contributed by atoms with Crippen molar-refractivity contribution in [1.82, 2.24) is 4.90 Å². The lowest BCUT2D eigenvalue weighted by Crippen LogP contribution is -2.28. The Morgan fingerprint density at radius 2 is 1.89 bits per heavy atom. The molecule has 1 aliphatic heterocycles. The fourth-order valence-electron chi connectivity index (χ4n) is 3.27. The van der Waals surface area contributed by atoms with E-state index in [4.69, 9.17) is 20.4 Å². The molecule has 0 aliphatic carbocycles. The summed E-state index contributed by atoms with van der Waals surface area (Å²) in [7, 11) is 0. The van der Waals surface area contributed by atoms with Crippen LogP contribution >= 0.6 is 11.6 Å². The topological polar surface area (TPSA) is 83.9 Å². The third-order valence-corrected chi connectivity index (χ3v) is 4.85. The van der Waals surface area contributed by atoms with Gasteiger partial charge in [-0.2, -0.15) is 0 Å². The number of furan rings is 2. The molecule has 6 nitrogen and oxygen atoms in total. The number of aliphatic hydroxyl groups is 1. The van der Waals surface area contributed by atoms with Crippen LogP contribution in [0.3, 0.4) is 0 Å². The Hall–Kier alpha value is -3.25. The number of ketones is 1. The van der Waals surface area contributed by atoms with Gasteiger partial charge in [-0.05, 0) is 55.5 Å². The monoisotopic (exact) mass is 397 g/mol. The molecule has 1 aromatic carbocycles. The van der Waals surface area contributed by atoms with Gasteiger partial charge in [-0.3, -0.25) is 9.59 Å². The van der Waals surface area contributed by atoms with Crippen LogP contribution in [-0.2, 0) is 16.1 Å². The van der Waals surface area contributed by atoms with E-state index in [0.29, 0.717) is 27.9 Å². The molecule has 1 atom stereocenters. The Bertz CT molecular complexity index is 1060. The second kappa shape index (κ2) is 7.05. The predicted octanol–water partition coefficient (Wildman–Crippen LogP) is 4.46. The Labute approximate surface area is 165 Å². The van der Waals surface area contributed by atoms with Crippen molar-refractivity contribution in [2.24, 2.45) is 0 Å². The van der Waals surface area contributed by atoms with Crippen LogP contribution in [0.2, 0.25) is 5.02 Å². The van der Waals surface area contributed by atoms with Crippen molar-refractivity contribution >= 4 is 29.1 Å². The minimum absolute atomic E-state index is 0.0340. The van der Waals surface area contributed by atoms with Crippen molar-refractivity contribution in [3.63, 3.8) is 0 Å². The van der Waals surface area contributed by atoms with Crippen molar-refractivity contribution in [2.45, 2.75) is 19.5 Å². The fourth-order valence-corrected chi connectivity index (χ4v) is 3.40. The first-order valence-electron chi connectivity index (χ1n) is 8.59. The highest BCUT2D eigenvalue weighted by atomic mass is 35.5. The molecule has 0 radical (unpaired) electrons. The summed E-state index contributed by atoms with van der Waals surface area (Å²) in [6.07, 6.45) is 1.49. The Balaban J connectivity index is 1.85. The van der Waals surface area contributed by atoms with Crippen LogP contribution in [0.5, 0.6) is 0 Å². The van der Waals surface area contributed by atoms with Gasteiger partial charge in [-0.15, -0.1) is 0 Å². The van der Waals surface area contributed by atoms with E-state index in [2.05, 4.69) is 0 Å². The lowest BCUT2D eigenvalue weighted by atomic mass is 9.99. The van der Waals surface area contributed by atoms with E-state index in [1.807, 2.05) is 0 Å². The average Bonchev–Trinajstić information content (AvgIpc) is 3.39. The van der Waals surface area contributed by atoms with Gasteiger partial charge in [-0.25, -0.2) is 0 Å². The minimum atomic E-state index is -0.866. The third-order valence-electron chi connectivity index (χ3n) is 4.59. The first-order valence-corrected chi connectivity index (χ1v) is 8.96. The van der Waals surface area contributed by atoms with Crippen LogP contribution in [0, 0.1) is 6.92 Å². The number of aryl methyl sites for hydroxylation is 1. The molecule has 1 aliphatic rings. The number of benzene rings is 1. The SMILES string of the molecule is Cc1ccc(C2C(=C(O)c3ccc(Cl)cc3)C(=O)C(=O)N2Cc2ccco2)o1. The Kier molecular flexibility index (Phi) is 4.57. The van der Waals surface area contributed by atoms with Crippen molar-refractivity contribution < 1.29 is 23.5 Å². The molecule has 28 heavy (non-hydrogen) atoms. The summed E-state index contributed by atoms with van der Waals surface area (Å²) < 4.78 is 11.0. The molecule has 2 aromatic heterocycles. The maximum Gasteiger partial charge on any atom is 0.296 e. The summed E-state index contributed by atoms with van der Waals surface area (Å²) in [4.78, 5) is 26.9. The van der Waals surface area contributed by atoms with Crippen molar-refractivity contribution in [3.8, 4) is 0 Å². The number of aliphatic hydroxyl groups excluding tert-OH is 1. The summed E-state index contributed by atoms with van der Waals surface area (Å²) in [6.45, 7) is 1.83. The average molecular weight is 398 g/mol. The zero-order chi connectivity index (χ0) is 19.8. The molecule has 1 N–H and O–H groups in total. The second-order valence-corrected chi connectivity index (χ2v) is 6.90. The number of rotatable bonds is 4. The largest absolute Gasteiger partial charge is 0.507 e. The molecule has 7 heteroatoms. The van der Waals surface area contributed by atoms with Gasteiger partial charge in [0.2, 0.25) is 0 Å². The lowest BCUT2D eigenvalue weighted by molar-refractivity contribution is -0.140. The molecular weight excluding hydrogens is 382 g/mol. The molecule has 4 rings (SSSR count). The van der Waals surface area contributed by atoms with E-state index in [0.717, 1.165) is 0 Å². The highest BCUT2D eigenvalue weighted by Gasteiger charge is 2.47. The van der Waals surface area contributed by atoms with Crippen molar-refractivity contribution in [2.75, 3.05) is 0 Å². The summed E-state index contributed by atoms with van der Waals surface area (Å²) in [5, 5.41) is 11.3. The summed E-state index contributed by atoms with van der Waals surface area (Å²) in [5.41, 5.74) is 0.349. The van der Waals surface area contributed by atoms with Gasteiger partial charge in [-0.1, -0.05) is 11.6 Å². The molecule has 1 saturated heterocycles. The van der Waals surface area contributed by atoms with Crippen LogP contribution in [0.4, 0.5) is 0 Å². The number of hydrogen-bond donors (Lipinski definition) is 1. The molecule has 3 heterocycles. The maximum absolute atomic E-state index is 12.8. The van der Waals surface area contributed by atoms with Crippen molar-refractivity contribution in [3.05, 3.63) is 88.2 Å². The Morgan fingerprint density at radius 3 is 2.50 bits per heavy atom. The Morgan fingerprint density at radius 1 is 1.14 bits per heavy atom. The van der Waals surface area contributed by atoms with Gasteiger partial charge in [0.25, 0.3) is 11.7 Å². The second-order valence-electron chi connectivity index (χ2n) is 6.46. The molecule has 1 fully saturated rings. The predicted molar refractivity (Wildman–Crippen MR) is 101 cm³/mol. The number of nitrogens with zero attached hydrogens (tertiary/aromatic N) is 1. The van der Waals surface area contributed by atoms with E-state index in [1.165, 1.54) is 11.2 Å². The van der Waals surface area contributed by atoms with E-state index >= 15 is 0 Å². The van der Waals surface area contributed by atoms with Crippen LogP contribution in [0.1, 0.15) is 28.9 Å². The highest BCUT2D eigenvalue weighted by molar-refractivity contribution is 6.46. The van der Waals surface area contributed by atoms with Crippen LogP contribution in [0.15, 0.2) is 69.2 Å². The molecule has 142 valence electrons. The molecule has 0 saturated carbocycles. The molecular formula is C21H16ClNO5. The minimum Gasteiger partial charge on any atom is -0.507 e. The third kappa shape index (κ3) is 3.12. The molecule has 1 unspecified atom stereocenters. The summed E-state index contributed by atoms with van der Waals surface area (Å²) >= 11 is 5.91. The van der Waals surface area contributed by atoms with Crippen LogP contribution in [-0.4, -0.2) is 21.7 Å². The van der Waals surface area contributed by atoms with E-state index in [1.54, 1.807) is 55.5 Å². The molecule has 3 aromatic rings. The summed E-state index contributed by atoms with van der Waals surface area (Å²) in [6, 6.07) is 12.3. The number of hydrogen-bond acceptors (Lipinski definition) is 5.